The number of benzene rings is 1. The molecule has 1 aromatic carbocycles. The van der Waals surface area contributed by atoms with Crippen LogP contribution >= 0.6 is 0 Å². The van der Waals surface area contributed by atoms with Crippen LogP contribution < -0.4 is 16.0 Å². The Labute approximate surface area is 84.0 Å². The van der Waals surface area contributed by atoms with Crippen molar-refractivity contribution in [3.8, 4) is 5.75 Å². The third-order valence-corrected chi connectivity index (χ3v) is 1.89. The zero-order valence-corrected chi connectivity index (χ0v) is 8.54. The van der Waals surface area contributed by atoms with E-state index in [1.54, 1.807) is 7.11 Å². The van der Waals surface area contributed by atoms with E-state index in [-0.39, 0.29) is 0 Å². The summed E-state index contributed by atoms with van der Waals surface area (Å²) in [5, 5.41) is 0. The van der Waals surface area contributed by atoms with Gasteiger partial charge in [0, 0.05) is 12.8 Å². The zero-order chi connectivity index (χ0) is 10.4. The molecule has 0 unspecified atom stereocenters. The molecule has 0 spiro atoms. The van der Waals surface area contributed by atoms with Gasteiger partial charge >= 0.3 is 0 Å². The highest BCUT2D eigenvalue weighted by molar-refractivity contribution is 5.49. The number of nitrogens with one attached hydrogen (secondary N) is 1. The van der Waals surface area contributed by atoms with Crippen LogP contribution in [0.15, 0.2) is 18.2 Å². The molecule has 0 saturated heterocycles. The fourth-order valence-electron chi connectivity index (χ4n) is 1.14. The molecule has 0 aromatic heterocycles. The lowest BCUT2D eigenvalue weighted by atomic mass is 10.2. The summed E-state index contributed by atoms with van der Waals surface area (Å²) in [5.41, 5.74) is 4.51. The number of hydrazine groups is 1. The molecule has 0 bridgehead atoms. The van der Waals surface area contributed by atoms with Crippen LogP contribution in [0.3, 0.4) is 0 Å². The number of ether oxygens (including phenoxy) is 2. The lowest BCUT2D eigenvalue weighted by Gasteiger charge is -2.09. The predicted octanol–water partition coefficient (Wildman–Crippen LogP) is 1.31. The first-order chi connectivity index (χ1) is 6.77. The topological polar surface area (TPSA) is 56.5 Å². The van der Waals surface area contributed by atoms with Crippen LogP contribution in [-0.2, 0) is 4.74 Å². The first kappa shape index (κ1) is 10.8. The summed E-state index contributed by atoms with van der Waals surface area (Å²) in [6, 6.07) is 5.69. The monoisotopic (exact) mass is 196 g/mol. The third kappa shape index (κ3) is 2.90. The largest absolute Gasteiger partial charge is 0.491 e. The highest BCUT2D eigenvalue weighted by atomic mass is 16.5. The normalized spacial score (nSPS) is 9.93. The van der Waals surface area contributed by atoms with E-state index < -0.39 is 0 Å². The summed E-state index contributed by atoms with van der Waals surface area (Å²) in [7, 11) is 1.65. The van der Waals surface area contributed by atoms with Gasteiger partial charge in [0.1, 0.15) is 12.4 Å². The van der Waals surface area contributed by atoms with E-state index in [1.165, 1.54) is 0 Å². The second-order valence-electron chi connectivity index (χ2n) is 2.97. The van der Waals surface area contributed by atoms with Crippen LogP contribution in [0.5, 0.6) is 5.75 Å². The maximum atomic E-state index is 5.48. The van der Waals surface area contributed by atoms with E-state index >= 15 is 0 Å². The maximum Gasteiger partial charge on any atom is 0.122 e. The fraction of sp³-hybridized carbons (Fsp3) is 0.400. The number of rotatable bonds is 5. The summed E-state index contributed by atoms with van der Waals surface area (Å²) in [6.07, 6.45) is 0. The average Bonchev–Trinajstić information content (AvgIpc) is 2.20. The highest BCUT2D eigenvalue weighted by Gasteiger charge is 1.99. The van der Waals surface area contributed by atoms with Gasteiger partial charge in [0.25, 0.3) is 0 Å². The van der Waals surface area contributed by atoms with Crippen molar-refractivity contribution in [2.75, 3.05) is 25.7 Å². The molecule has 1 rings (SSSR count). The Kier molecular flexibility index (Phi) is 4.22. The Bertz CT molecular complexity index is 289. The standard InChI is InChI=1S/C10H16N2O2/c1-8-7-9(12-11)3-4-10(8)14-6-5-13-2/h3-4,7,12H,5-6,11H2,1-2H3. The lowest BCUT2D eigenvalue weighted by molar-refractivity contribution is 0.146. The second-order valence-corrected chi connectivity index (χ2v) is 2.97. The van der Waals surface area contributed by atoms with Crippen molar-refractivity contribution in [2.24, 2.45) is 5.84 Å². The van der Waals surface area contributed by atoms with Crippen LogP contribution in [0.2, 0.25) is 0 Å². The van der Waals surface area contributed by atoms with Gasteiger partial charge in [-0.25, -0.2) is 0 Å². The highest BCUT2D eigenvalue weighted by Crippen LogP contribution is 2.21. The van der Waals surface area contributed by atoms with E-state index in [0.29, 0.717) is 13.2 Å². The van der Waals surface area contributed by atoms with Gasteiger partial charge < -0.3 is 14.9 Å². The van der Waals surface area contributed by atoms with Crippen LogP contribution in [0.1, 0.15) is 5.56 Å². The van der Waals surface area contributed by atoms with Crippen LogP contribution in [0, 0.1) is 6.92 Å². The van der Waals surface area contributed by atoms with Gasteiger partial charge in [-0.15, -0.1) is 0 Å². The second kappa shape index (κ2) is 5.47. The average molecular weight is 196 g/mol. The molecule has 4 heteroatoms. The minimum absolute atomic E-state index is 0.562. The molecule has 3 N–H and O–H groups in total. The Hall–Kier alpha value is -1.26. The molecular formula is C10H16N2O2. The van der Waals surface area contributed by atoms with Gasteiger partial charge in [-0.1, -0.05) is 0 Å². The van der Waals surface area contributed by atoms with Crippen molar-refractivity contribution in [1.82, 2.24) is 0 Å². The first-order valence-electron chi connectivity index (χ1n) is 4.47. The Balaban J connectivity index is 2.59. The van der Waals surface area contributed by atoms with Crippen molar-refractivity contribution in [3.05, 3.63) is 23.8 Å². The first-order valence-corrected chi connectivity index (χ1v) is 4.47. The van der Waals surface area contributed by atoms with Gasteiger partial charge in [-0.2, -0.15) is 0 Å². The molecule has 0 fully saturated rings. The summed E-state index contributed by atoms with van der Waals surface area (Å²) in [4.78, 5) is 0. The molecule has 0 heterocycles. The van der Waals surface area contributed by atoms with Crippen molar-refractivity contribution >= 4 is 5.69 Å². The molecule has 0 aliphatic carbocycles. The zero-order valence-electron chi connectivity index (χ0n) is 8.54. The van der Waals surface area contributed by atoms with Gasteiger partial charge in [0.15, 0.2) is 0 Å². The van der Waals surface area contributed by atoms with E-state index in [4.69, 9.17) is 15.3 Å². The third-order valence-electron chi connectivity index (χ3n) is 1.89. The molecule has 0 radical (unpaired) electrons. The van der Waals surface area contributed by atoms with Crippen molar-refractivity contribution in [1.29, 1.82) is 0 Å². The number of aryl methyl sites for hydroxylation is 1. The molecule has 1 aromatic rings. The van der Waals surface area contributed by atoms with E-state index in [1.807, 2.05) is 25.1 Å². The van der Waals surface area contributed by atoms with Gasteiger partial charge in [-0.3, -0.25) is 5.84 Å². The van der Waals surface area contributed by atoms with E-state index in [9.17, 15) is 0 Å². The van der Waals surface area contributed by atoms with Crippen LogP contribution in [0.25, 0.3) is 0 Å². The molecule has 14 heavy (non-hydrogen) atoms. The molecule has 0 aliphatic rings. The lowest BCUT2D eigenvalue weighted by Crippen LogP contribution is -2.08. The van der Waals surface area contributed by atoms with Crippen molar-refractivity contribution in [2.45, 2.75) is 6.92 Å². The molecule has 0 aliphatic heterocycles. The summed E-state index contributed by atoms with van der Waals surface area (Å²) >= 11 is 0. The molecular weight excluding hydrogens is 180 g/mol. The summed E-state index contributed by atoms with van der Waals surface area (Å²) < 4.78 is 10.4. The van der Waals surface area contributed by atoms with Gasteiger partial charge in [0.2, 0.25) is 0 Å². The minimum atomic E-state index is 0.562. The van der Waals surface area contributed by atoms with E-state index in [2.05, 4.69) is 5.43 Å². The summed E-state index contributed by atoms with van der Waals surface area (Å²) in [6.45, 7) is 3.13. The molecule has 4 nitrogen and oxygen atoms in total. The van der Waals surface area contributed by atoms with Gasteiger partial charge in [0.05, 0.1) is 6.61 Å². The molecule has 0 saturated carbocycles. The number of methoxy groups -OCH3 is 1. The quantitative estimate of drug-likeness (QED) is 0.423. The van der Waals surface area contributed by atoms with Gasteiger partial charge in [-0.05, 0) is 30.7 Å². The molecule has 0 atom stereocenters. The molecule has 0 amide bonds. The Morgan fingerprint density at radius 2 is 2.14 bits per heavy atom. The van der Waals surface area contributed by atoms with Crippen LogP contribution in [-0.4, -0.2) is 20.3 Å². The number of nitrogen functional groups attached to an aromatic ring is 1. The Morgan fingerprint density at radius 3 is 2.71 bits per heavy atom. The summed E-state index contributed by atoms with van der Waals surface area (Å²) in [5.74, 6) is 6.14. The number of hydrogen-bond acceptors (Lipinski definition) is 4. The van der Waals surface area contributed by atoms with E-state index in [0.717, 1.165) is 17.0 Å². The van der Waals surface area contributed by atoms with Crippen molar-refractivity contribution < 1.29 is 9.47 Å². The number of anilines is 1. The SMILES string of the molecule is COCCOc1ccc(NN)cc1C. The maximum absolute atomic E-state index is 5.48. The molecule has 78 valence electrons. The minimum Gasteiger partial charge on any atom is -0.491 e. The van der Waals surface area contributed by atoms with Crippen LogP contribution in [0.4, 0.5) is 5.69 Å². The smallest absolute Gasteiger partial charge is 0.122 e. The van der Waals surface area contributed by atoms with Crippen molar-refractivity contribution in [3.63, 3.8) is 0 Å². The predicted molar refractivity (Wildman–Crippen MR) is 56.4 cm³/mol. The Morgan fingerprint density at radius 1 is 1.36 bits per heavy atom. The number of nitrogens with two attached hydrogens (primary N) is 1. The number of hydrogen-bond donors (Lipinski definition) is 2. The fourth-order valence-corrected chi connectivity index (χ4v) is 1.14.